The van der Waals surface area contributed by atoms with Gasteiger partial charge in [-0.2, -0.15) is 4.98 Å². The summed E-state index contributed by atoms with van der Waals surface area (Å²) in [5, 5.41) is 5.95. The highest BCUT2D eigenvalue weighted by Gasteiger charge is 2.23. The Labute approximate surface area is 168 Å². The van der Waals surface area contributed by atoms with E-state index in [4.69, 9.17) is 9.47 Å². The second-order valence-corrected chi connectivity index (χ2v) is 7.33. The highest BCUT2D eigenvalue weighted by atomic mass is 32.2. The van der Waals surface area contributed by atoms with E-state index in [1.54, 1.807) is 26.0 Å². The van der Waals surface area contributed by atoms with E-state index in [-0.39, 0.29) is 29.1 Å². The van der Waals surface area contributed by atoms with Gasteiger partial charge in [-0.3, -0.25) is 5.32 Å². The van der Waals surface area contributed by atoms with Gasteiger partial charge in [0.15, 0.2) is 0 Å². The lowest BCUT2D eigenvalue weighted by Crippen LogP contribution is -2.35. The first-order valence-corrected chi connectivity index (χ1v) is 9.75. The van der Waals surface area contributed by atoms with Crippen molar-refractivity contribution in [2.75, 3.05) is 26.1 Å². The Morgan fingerprint density at radius 3 is 2.62 bits per heavy atom. The molecule has 0 saturated heterocycles. The summed E-state index contributed by atoms with van der Waals surface area (Å²) in [4.78, 5) is 24.5. The minimum Gasteiger partial charge on any atom is -0.486 e. The quantitative estimate of drug-likeness (QED) is 0.483. The fourth-order valence-electron chi connectivity index (χ4n) is 2.16. The van der Waals surface area contributed by atoms with Crippen LogP contribution in [0.25, 0.3) is 0 Å². The smallest absolute Gasteiger partial charge is 0.335 e. The minimum atomic E-state index is -4.24. The molecule has 2 amide bonds. The number of anilines is 1. The third kappa shape index (κ3) is 6.31. The van der Waals surface area contributed by atoms with Crippen LogP contribution in [0.2, 0.25) is 0 Å². The molecule has 0 radical (unpaired) electrons. The maximum atomic E-state index is 12.6. The van der Waals surface area contributed by atoms with Gasteiger partial charge in [0.2, 0.25) is 11.8 Å². The van der Waals surface area contributed by atoms with Gasteiger partial charge >= 0.3 is 6.03 Å². The van der Waals surface area contributed by atoms with Gasteiger partial charge in [-0.05, 0) is 26.0 Å². The van der Waals surface area contributed by atoms with Crippen LogP contribution in [-0.2, 0) is 14.9 Å². The summed E-state index contributed by atoms with van der Waals surface area (Å²) < 4.78 is 37.7. The van der Waals surface area contributed by atoms with Gasteiger partial charge in [-0.1, -0.05) is 17.3 Å². The van der Waals surface area contributed by atoms with Crippen molar-refractivity contribution < 1.29 is 27.5 Å². The summed E-state index contributed by atoms with van der Waals surface area (Å²) in [6.45, 7) is 3.33. The number of sulfonamides is 1. The van der Waals surface area contributed by atoms with Gasteiger partial charge < -0.3 is 14.3 Å². The van der Waals surface area contributed by atoms with E-state index in [0.717, 1.165) is 0 Å². The molecule has 11 nitrogen and oxygen atoms in total. The first-order valence-electron chi connectivity index (χ1n) is 8.27. The molecular weight excluding hydrogens is 402 g/mol. The molecule has 12 heteroatoms. The summed E-state index contributed by atoms with van der Waals surface area (Å²) in [5.41, 5.74) is 1.03. The maximum absolute atomic E-state index is 12.6. The fraction of sp³-hybridized carbons (Fsp3) is 0.294. The van der Waals surface area contributed by atoms with E-state index < -0.39 is 16.1 Å². The van der Waals surface area contributed by atoms with E-state index in [9.17, 15) is 13.2 Å². The number of oxime groups is 1. The van der Waals surface area contributed by atoms with Crippen molar-refractivity contribution in [2.45, 2.75) is 18.7 Å². The third-order valence-corrected chi connectivity index (χ3v) is 4.69. The van der Waals surface area contributed by atoms with Crippen molar-refractivity contribution in [1.82, 2.24) is 14.7 Å². The first-order chi connectivity index (χ1) is 13.7. The molecule has 0 bridgehead atoms. The number of hydrogen-bond acceptors (Lipinski definition) is 9. The second kappa shape index (κ2) is 9.68. The van der Waals surface area contributed by atoms with Crippen LogP contribution in [0.5, 0.6) is 11.6 Å². The zero-order valence-corrected chi connectivity index (χ0v) is 17.1. The zero-order chi connectivity index (χ0) is 21.4. The molecule has 2 N–H and O–H groups in total. The van der Waals surface area contributed by atoms with Crippen LogP contribution in [0.3, 0.4) is 0 Å². The summed E-state index contributed by atoms with van der Waals surface area (Å²) in [7, 11) is -1.45. The number of urea groups is 1. The largest absolute Gasteiger partial charge is 0.486 e. The van der Waals surface area contributed by atoms with E-state index in [1.807, 2.05) is 4.72 Å². The number of nitrogens with one attached hydrogen (secondary N) is 2. The monoisotopic (exact) mass is 423 g/mol. The number of benzene rings is 1. The number of ether oxygens (including phenoxy) is 2. The number of carbonyl (C=O) groups excluding carboxylic acids is 1. The Bertz CT molecular complexity index is 1010. The number of nitrogens with zero attached hydrogens (tertiary/aromatic N) is 3. The number of aryl methyl sites for hydroxylation is 1. The van der Waals surface area contributed by atoms with Crippen LogP contribution in [0, 0.1) is 6.92 Å². The van der Waals surface area contributed by atoms with Crippen LogP contribution < -0.4 is 19.5 Å². The summed E-state index contributed by atoms with van der Waals surface area (Å²) in [6, 6.07) is 6.39. The highest BCUT2D eigenvalue weighted by molar-refractivity contribution is 7.90. The van der Waals surface area contributed by atoms with Gasteiger partial charge in [-0.15, -0.1) is 0 Å². The number of methoxy groups -OCH3 is 1. The van der Waals surface area contributed by atoms with E-state index >= 15 is 0 Å². The molecule has 0 aliphatic rings. The molecule has 0 aliphatic heterocycles. The molecule has 29 heavy (non-hydrogen) atoms. The summed E-state index contributed by atoms with van der Waals surface area (Å²) in [6.07, 6.45) is 0. The fourth-order valence-corrected chi connectivity index (χ4v) is 3.21. The predicted octanol–water partition coefficient (Wildman–Crippen LogP) is 1.71. The molecule has 0 fully saturated rings. The SMILES string of the molecule is CO/N=C(\C)COc1ccccc1S(=O)(=O)NC(=O)Nc1nc(C)cc(OC)n1. The molecule has 0 spiro atoms. The highest BCUT2D eigenvalue weighted by Crippen LogP contribution is 2.23. The number of para-hydroxylation sites is 1. The van der Waals surface area contributed by atoms with Crippen molar-refractivity contribution in [2.24, 2.45) is 5.16 Å². The molecular formula is C17H21N5O6S. The summed E-state index contributed by atoms with van der Waals surface area (Å²) in [5.74, 6) is 0.167. The zero-order valence-electron chi connectivity index (χ0n) is 16.3. The Hall–Kier alpha value is -3.41. The van der Waals surface area contributed by atoms with E-state index in [0.29, 0.717) is 11.4 Å². The van der Waals surface area contributed by atoms with Gasteiger partial charge in [0.1, 0.15) is 24.4 Å². The lowest BCUT2D eigenvalue weighted by molar-refractivity contribution is 0.209. The topological polar surface area (TPSA) is 141 Å². The number of carbonyl (C=O) groups is 1. The van der Waals surface area contributed by atoms with Crippen LogP contribution in [0.1, 0.15) is 12.6 Å². The Morgan fingerprint density at radius 2 is 1.93 bits per heavy atom. The molecule has 0 aliphatic carbocycles. The Balaban J connectivity index is 2.16. The molecule has 0 unspecified atom stereocenters. The maximum Gasteiger partial charge on any atom is 0.335 e. The van der Waals surface area contributed by atoms with Crippen LogP contribution in [-0.4, -0.2) is 51.0 Å². The lowest BCUT2D eigenvalue weighted by Gasteiger charge is -2.13. The number of aromatic nitrogens is 2. The van der Waals surface area contributed by atoms with Crippen LogP contribution in [0.4, 0.5) is 10.7 Å². The van der Waals surface area contributed by atoms with Gasteiger partial charge in [0, 0.05) is 11.8 Å². The van der Waals surface area contributed by atoms with Gasteiger partial charge in [0.25, 0.3) is 10.0 Å². The van der Waals surface area contributed by atoms with Crippen molar-refractivity contribution in [3.63, 3.8) is 0 Å². The standard InChI is InChI=1S/C17H21N5O6S/c1-11-9-15(26-3)19-16(18-11)20-17(23)22-29(24,25)14-8-6-5-7-13(14)28-10-12(2)21-27-4/h5-9H,10H2,1-4H3,(H2,18,19,20,22,23)/b21-12+. The Kier molecular flexibility index (Phi) is 7.31. The molecule has 1 heterocycles. The molecule has 0 atom stereocenters. The van der Waals surface area contributed by atoms with Crippen LogP contribution in [0.15, 0.2) is 40.4 Å². The van der Waals surface area contributed by atoms with Crippen molar-refractivity contribution in [3.05, 3.63) is 36.0 Å². The molecule has 2 aromatic rings. The molecule has 156 valence electrons. The van der Waals surface area contributed by atoms with E-state index in [1.165, 1.54) is 32.4 Å². The molecule has 1 aromatic carbocycles. The summed E-state index contributed by atoms with van der Waals surface area (Å²) >= 11 is 0. The second-order valence-electron chi connectivity index (χ2n) is 5.68. The van der Waals surface area contributed by atoms with Crippen molar-refractivity contribution >= 4 is 27.7 Å². The molecule has 1 aromatic heterocycles. The molecule has 0 saturated carbocycles. The molecule has 2 rings (SSSR count). The lowest BCUT2D eigenvalue weighted by atomic mass is 10.3. The van der Waals surface area contributed by atoms with Crippen molar-refractivity contribution in [3.8, 4) is 11.6 Å². The normalized spacial score (nSPS) is 11.5. The Morgan fingerprint density at radius 1 is 1.21 bits per heavy atom. The minimum absolute atomic E-state index is 0.00347. The van der Waals surface area contributed by atoms with Crippen molar-refractivity contribution in [1.29, 1.82) is 0 Å². The van der Waals surface area contributed by atoms with Gasteiger partial charge in [0.05, 0.1) is 12.8 Å². The number of rotatable bonds is 8. The van der Waals surface area contributed by atoms with Gasteiger partial charge in [-0.25, -0.2) is 22.9 Å². The van der Waals surface area contributed by atoms with Crippen LogP contribution >= 0.6 is 0 Å². The average Bonchev–Trinajstić information content (AvgIpc) is 2.65. The average molecular weight is 423 g/mol. The van der Waals surface area contributed by atoms with E-state index in [2.05, 4.69) is 25.3 Å². The number of amides is 2. The predicted molar refractivity (Wildman–Crippen MR) is 105 cm³/mol. The third-order valence-electron chi connectivity index (χ3n) is 3.31. The first kappa shape index (κ1) is 21.9. The number of hydrogen-bond donors (Lipinski definition) is 2.